The summed E-state index contributed by atoms with van der Waals surface area (Å²) < 4.78 is 5.68. The number of alkyl halides is 1. The van der Waals surface area contributed by atoms with Crippen molar-refractivity contribution >= 4 is 11.6 Å². The lowest BCUT2D eigenvalue weighted by Crippen LogP contribution is -2.10. The second kappa shape index (κ2) is 6.90. The number of rotatable bonds is 6. The Morgan fingerprint density at radius 3 is 2.18 bits per heavy atom. The summed E-state index contributed by atoms with van der Waals surface area (Å²) in [6.45, 7) is 7.44. The molecular formula is C15H23ClO. The summed E-state index contributed by atoms with van der Waals surface area (Å²) in [6, 6.07) is 8.41. The van der Waals surface area contributed by atoms with E-state index in [0.717, 1.165) is 37.5 Å². The Kier molecular flexibility index (Phi) is 5.84. The highest BCUT2D eigenvalue weighted by molar-refractivity contribution is 6.17. The lowest BCUT2D eigenvalue weighted by molar-refractivity contribution is 0.306. The quantitative estimate of drug-likeness (QED) is 0.525. The molecular weight excluding hydrogens is 232 g/mol. The van der Waals surface area contributed by atoms with Gasteiger partial charge in [0.1, 0.15) is 5.75 Å². The van der Waals surface area contributed by atoms with Gasteiger partial charge in [-0.05, 0) is 42.4 Å². The Bertz CT molecular complexity index is 311. The minimum Gasteiger partial charge on any atom is -0.494 e. The Morgan fingerprint density at radius 2 is 1.65 bits per heavy atom. The average Bonchev–Trinajstić information content (AvgIpc) is 2.28. The highest BCUT2D eigenvalue weighted by atomic mass is 35.5. The van der Waals surface area contributed by atoms with Crippen LogP contribution in [0.15, 0.2) is 24.3 Å². The highest BCUT2D eigenvalue weighted by Crippen LogP contribution is 2.24. The average molecular weight is 255 g/mol. The van der Waals surface area contributed by atoms with Crippen LogP contribution in [0.1, 0.15) is 45.6 Å². The second-order valence-corrected chi connectivity index (χ2v) is 5.75. The molecule has 96 valence electrons. The molecule has 0 bridgehead atoms. The zero-order valence-electron chi connectivity index (χ0n) is 11.1. The van der Waals surface area contributed by atoms with Crippen molar-refractivity contribution in [2.24, 2.45) is 0 Å². The molecule has 1 rings (SSSR count). The number of ether oxygens (including phenoxy) is 1. The fourth-order valence-corrected chi connectivity index (χ4v) is 1.80. The molecule has 0 heterocycles. The number of hydrogen-bond donors (Lipinski definition) is 0. The molecule has 2 heteroatoms. The van der Waals surface area contributed by atoms with Crippen LogP contribution >= 0.6 is 11.6 Å². The number of unbranched alkanes of at least 4 members (excludes halogenated alkanes) is 2. The van der Waals surface area contributed by atoms with Crippen LogP contribution in [0.4, 0.5) is 0 Å². The molecule has 0 amide bonds. The van der Waals surface area contributed by atoms with E-state index in [9.17, 15) is 0 Å². The van der Waals surface area contributed by atoms with Crippen LogP contribution in [0.2, 0.25) is 0 Å². The summed E-state index contributed by atoms with van der Waals surface area (Å²) in [5, 5.41) is 0. The Hall–Kier alpha value is -0.690. The minimum atomic E-state index is 0.207. The van der Waals surface area contributed by atoms with Gasteiger partial charge >= 0.3 is 0 Å². The molecule has 17 heavy (non-hydrogen) atoms. The summed E-state index contributed by atoms with van der Waals surface area (Å²) in [7, 11) is 0. The minimum absolute atomic E-state index is 0.207. The number of halogens is 1. The van der Waals surface area contributed by atoms with Gasteiger partial charge in [0.25, 0.3) is 0 Å². The molecule has 0 aliphatic rings. The first-order valence-corrected chi connectivity index (χ1v) is 6.87. The van der Waals surface area contributed by atoms with Crippen molar-refractivity contribution in [3.05, 3.63) is 29.8 Å². The van der Waals surface area contributed by atoms with Gasteiger partial charge in [-0.15, -0.1) is 11.6 Å². The summed E-state index contributed by atoms with van der Waals surface area (Å²) >= 11 is 5.62. The summed E-state index contributed by atoms with van der Waals surface area (Å²) in [5.74, 6) is 1.71. The summed E-state index contributed by atoms with van der Waals surface area (Å²) in [6.07, 6.45) is 3.30. The van der Waals surface area contributed by atoms with E-state index in [1.165, 1.54) is 5.56 Å². The van der Waals surface area contributed by atoms with E-state index in [4.69, 9.17) is 16.3 Å². The molecule has 0 radical (unpaired) electrons. The zero-order chi connectivity index (χ0) is 12.7. The van der Waals surface area contributed by atoms with E-state index >= 15 is 0 Å². The smallest absolute Gasteiger partial charge is 0.119 e. The van der Waals surface area contributed by atoms with Crippen LogP contribution in [0.5, 0.6) is 5.75 Å². The lowest BCUT2D eigenvalue weighted by atomic mass is 9.87. The van der Waals surface area contributed by atoms with Gasteiger partial charge in [-0.3, -0.25) is 0 Å². The molecule has 0 fully saturated rings. The van der Waals surface area contributed by atoms with Crippen molar-refractivity contribution in [3.63, 3.8) is 0 Å². The number of hydrogen-bond acceptors (Lipinski definition) is 1. The largest absolute Gasteiger partial charge is 0.494 e. The molecule has 0 unspecified atom stereocenters. The van der Waals surface area contributed by atoms with E-state index in [1.54, 1.807) is 0 Å². The van der Waals surface area contributed by atoms with Gasteiger partial charge in [-0.2, -0.15) is 0 Å². The first-order valence-electron chi connectivity index (χ1n) is 6.33. The monoisotopic (exact) mass is 254 g/mol. The van der Waals surface area contributed by atoms with E-state index in [0.29, 0.717) is 0 Å². The molecule has 0 N–H and O–H groups in total. The van der Waals surface area contributed by atoms with Crippen molar-refractivity contribution in [1.82, 2.24) is 0 Å². The van der Waals surface area contributed by atoms with Crippen LogP contribution < -0.4 is 4.74 Å². The predicted molar refractivity (Wildman–Crippen MR) is 75.2 cm³/mol. The molecule has 1 aromatic rings. The normalized spacial score (nSPS) is 11.5. The first-order chi connectivity index (χ1) is 8.04. The SMILES string of the molecule is CC(C)(C)c1ccc(OCCCCCCl)cc1. The Balaban J connectivity index is 2.36. The van der Waals surface area contributed by atoms with Gasteiger partial charge in [0, 0.05) is 5.88 Å². The molecule has 0 aliphatic carbocycles. The standard InChI is InChI=1S/C15H23ClO/c1-15(2,3)13-7-9-14(10-8-13)17-12-6-4-5-11-16/h7-10H,4-6,11-12H2,1-3H3. The van der Waals surface area contributed by atoms with Crippen molar-refractivity contribution in [2.75, 3.05) is 12.5 Å². The van der Waals surface area contributed by atoms with Crippen LogP contribution in [0.3, 0.4) is 0 Å². The second-order valence-electron chi connectivity index (χ2n) is 5.37. The van der Waals surface area contributed by atoms with E-state index < -0.39 is 0 Å². The molecule has 1 aromatic carbocycles. The summed E-state index contributed by atoms with van der Waals surface area (Å²) in [4.78, 5) is 0. The molecule has 0 saturated carbocycles. The van der Waals surface area contributed by atoms with Crippen LogP contribution in [-0.4, -0.2) is 12.5 Å². The fourth-order valence-electron chi connectivity index (χ4n) is 1.61. The zero-order valence-corrected chi connectivity index (χ0v) is 11.9. The van der Waals surface area contributed by atoms with Gasteiger partial charge in [0.15, 0.2) is 0 Å². The molecule has 0 aromatic heterocycles. The van der Waals surface area contributed by atoms with Gasteiger partial charge in [-0.1, -0.05) is 32.9 Å². The maximum Gasteiger partial charge on any atom is 0.119 e. The van der Waals surface area contributed by atoms with E-state index in [-0.39, 0.29) is 5.41 Å². The van der Waals surface area contributed by atoms with Gasteiger partial charge < -0.3 is 4.74 Å². The van der Waals surface area contributed by atoms with Crippen molar-refractivity contribution < 1.29 is 4.74 Å². The molecule has 0 spiro atoms. The van der Waals surface area contributed by atoms with Gasteiger partial charge in [-0.25, -0.2) is 0 Å². The summed E-state index contributed by atoms with van der Waals surface area (Å²) in [5.41, 5.74) is 1.55. The predicted octanol–water partition coefficient (Wildman–Crippen LogP) is 4.77. The van der Waals surface area contributed by atoms with E-state index in [1.807, 2.05) is 0 Å². The third kappa shape index (κ3) is 5.45. The highest BCUT2D eigenvalue weighted by Gasteiger charge is 2.12. The Labute approximate surface area is 110 Å². The Morgan fingerprint density at radius 1 is 1.00 bits per heavy atom. The van der Waals surface area contributed by atoms with Gasteiger partial charge in [0.05, 0.1) is 6.61 Å². The molecule has 0 saturated heterocycles. The third-order valence-electron chi connectivity index (χ3n) is 2.77. The maximum absolute atomic E-state index is 5.68. The van der Waals surface area contributed by atoms with Crippen LogP contribution in [-0.2, 0) is 5.41 Å². The van der Waals surface area contributed by atoms with E-state index in [2.05, 4.69) is 45.0 Å². The molecule has 0 atom stereocenters. The van der Waals surface area contributed by atoms with Crippen LogP contribution in [0.25, 0.3) is 0 Å². The molecule has 0 aliphatic heterocycles. The topological polar surface area (TPSA) is 9.23 Å². The van der Waals surface area contributed by atoms with Crippen molar-refractivity contribution in [1.29, 1.82) is 0 Å². The van der Waals surface area contributed by atoms with Crippen molar-refractivity contribution in [2.45, 2.75) is 45.4 Å². The fraction of sp³-hybridized carbons (Fsp3) is 0.600. The molecule has 1 nitrogen and oxygen atoms in total. The van der Waals surface area contributed by atoms with Crippen LogP contribution in [0, 0.1) is 0 Å². The third-order valence-corrected chi connectivity index (χ3v) is 3.03. The first kappa shape index (κ1) is 14.4. The lowest BCUT2D eigenvalue weighted by Gasteiger charge is -2.19. The van der Waals surface area contributed by atoms with Gasteiger partial charge in [0.2, 0.25) is 0 Å². The number of benzene rings is 1. The maximum atomic E-state index is 5.68. The van der Waals surface area contributed by atoms with Crippen molar-refractivity contribution in [3.8, 4) is 5.75 Å².